The topological polar surface area (TPSA) is 60.2 Å². The van der Waals surface area contributed by atoms with E-state index in [1.165, 1.54) is 0 Å². The van der Waals surface area contributed by atoms with Gasteiger partial charge in [-0.3, -0.25) is 0 Å². The fourth-order valence-electron chi connectivity index (χ4n) is 2.24. The third-order valence-corrected chi connectivity index (χ3v) is 3.36. The van der Waals surface area contributed by atoms with E-state index in [1.807, 2.05) is 61.5 Å². The molecular weight excluding hydrogens is 278 g/mol. The van der Waals surface area contributed by atoms with Crippen molar-refractivity contribution in [3.8, 4) is 11.4 Å². The molecule has 112 valence electrons. The number of aryl methyl sites for hydroxylation is 1. The zero-order valence-corrected chi connectivity index (χ0v) is 12.3. The molecule has 0 aliphatic heterocycles. The van der Waals surface area contributed by atoms with E-state index in [9.17, 15) is 5.11 Å². The van der Waals surface area contributed by atoms with Gasteiger partial charge in [-0.1, -0.05) is 35.5 Å². The fraction of sp³-hybridized carbons (Fsp3) is 0.176. The van der Waals surface area contributed by atoms with E-state index < -0.39 is 0 Å². The van der Waals surface area contributed by atoms with Crippen LogP contribution in [0.3, 0.4) is 0 Å². The maximum atomic E-state index is 9.46. The molecule has 0 aliphatic rings. The van der Waals surface area contributed by atoms with Crippen molar-refractivity contribution in [2.45, 2.75) is 20.1 Å². The van der Waals surface area contributed by atoms with E-state index in [1.54, 1.807) is 4.68 Å². The lowest BCUT2D eigenvalue weighted by Crippen LogP contribution is -2.08. The summed E-state index contributed by atoms with van der Waals surface area (Å²) in [5.74, 6) is 0.767. The molecule has 1 aromatic heterocycles. The van der Waals surface area contributed by atoms with Crippen LogP contribution in [0.2, 0.25) is 0 Å². The summed E-state index contributed by atoms with van der Waals surface area (Å²) in [6, 6.07) is 17.5. The molecule has 0 saturated heterocycles. The molecule has 0 saturated carbocycles. The average Bonchev–Trinajstić information content (AvgIpc) is 2.97. The zero-order valence-electron chi connectivity index (χ0n) is 12.3. The van der Waals surface area contributed by atoms with Crippen LogP contribution in [-0.2, 0) is 13.2 Å². The molecule has 5 nitrogen and oxygen atoms in total. The number of aliphatic hydroxyl groups excluding tert-OH is 1. The van der Waals surface area contributed by atoms with E-state index in [0.717, 1.165) is 22.7 Å². The molecule has 5 heteroatoms. The highest BCUT2D eigenvalue weighted by atomic mass is 16.5. The number of rotatable bonds is 5. The van der Waals surface area contributed by atoms with Gasteiger partial charge >= 0.3 is 0 Å². The van der Waals surface area contributed by atoms with Gasteiger partial charge in [-0.05, 0) is 36.8 Å². The Bertz CT molecular complexity index is 754. The molecule has 0 aliphatic carbocycles. The minimum absolute atomic E-state index is 0.167. The lowest BCUT2D eigenvalue weighted by molar-refractivity contribution is 0.263. The minimum atomic E-state index is -0.167. The maximum absolute atomic E-state index is 9.46. The Morgan fingerprint density at radius 2 is 1.91 bits per heavy atom. The van der Waals surface area contributed by atoms with Gasteiger partial charge in [-0.25, -0.2) is 4.68 Å². The van der Waals surface area contributed by atoms with Gasteiger partial charge in [0.05, 0.1) is 12.3 Å². The van der Waals surface area contributed by atoms with Crippen LogP contribution in [0.4, 0.5) is 0 Å². The third-order valence-electron chi connectivity index (χ3n) is 3.36. The number of aliphatic hydroxyl groups is 1. The number of ether oxygens (including phenoxy) is 1. The predicted molar refractivity (Wildman–Crippen MR) is 82.8 cm³/mol. The molecule has 1 heterocycles. The van der Waals surface area contributed by atoms with Gasteiger partial charge < -0.3 is 9.84 Å². The molecular formula is C17H17N3O2. The van der Waals surface area contributed by atoms with Crippen LogP contribution in [0.5, 0.6) is 5.75 Å². The third kappa shape index (κ3) is 2.99. The highest BCUT2D eigenvalue weighted by Gasteiger charge is 2.14. The van der Waals surface area contributed by atoms with Crippen LogP contribution in [0, 0.1) is 6.92 Å². The van der Waals surface area contributed by atoms with Gasteiger partial charge in [0, 0.05) is 0 Å². The Labute approximate surface area is 128 Å². The van der Waals surface area contributed by atoms with Crippen molar-refractivity contribution in [3.63, 3.8) is 0 Å². The number of hydrogen-bond donors (Lipinski definition) is 1. The highest BCUT2D eigenvalue weighted by Crippen LogP contribution is 2.17. The maximum Gasteiger partial charge on any atom is 0.132 e. The van der Waals surface area contributed by atoms with Gasteiger partial charge in [0.1, 0.15) is 23.7 Å². The Hall–Kier alpha value is -2.66. The lowest BCUT2D eigenvalue weighted by Gasteiger charge is -2.10. The first-order chi connectivity index (χ1) is 10.8. The second-order valence-electron chi connectivity index (χ2n) is 4.99. The van der Waals surface area contributed by atoms with E-state index >= 15 is 0 Å². The van der Waals surface area contributed by atoms with Crippen LogP contribution in [0.25, 0.3) is 5.69 Å². The largest absolute Gasteiger partial charge is 0.487 e. The van der Waals surface area contributed by atoms with E-state index in [2.05, 4.69) is 10.3 Å². The van der Waals surface area contributed by atoms with Crippen LogP contribution in [-0.4, -0.2) is 20.1 Å². The van der Waals surface area contributed by atoms with E-state index in [4.69, 9.17) is 4.74 Å². The molecule has 3 rings (SSSR count). The fourth-order valence-corrected chi connectivity index (χ4v) is 2.24. The summed E-state index contributed by atoms with van der Waals surface area (Å²) in [4.78, 5) is 0. The zero-order chi connectivity index (χ0) is 15.4. The summed E-state index contributed by atoms with van der Waals surface area (Å²) in [6.45, 7) is 2.15. The van der Waals surface area contributed by atoms with Crippen molar-refractivity contribution in [3.05, 3.63) is 71.5 Å². The molecule has 0 bridgehead atoms. The second kappa shape index (κ2) is 6.41. The summed E-state index contributed by atoms with van der Waals surface area (Å²) >= 11 is 0. The molecule has 0 fully saturated rings. The van der Waals surface area contributed by atoms with Gasteiger partial charge in [0.15, 0.2) is 0 Å². The van der Waals surface area contributed by atoms with Crippen molar-refractivity contribution in [1.29, 1.82) is 0 Å². The Morgan fingerprint density at radius 3 is 2.64 bits per heavy atom. The van der Waals surface area contributed by atoms with Crippen molar-refractivity contribution >= 4 is 0 Å². The normalized spacial score (nSPS) is 10.6. The van der Waals surface area contributed by atoms with Crippen molar-refractivity contribution in [2.75, 3.05) is 0 Å². The summed E-state index contributed by atoms with van der Waals surface area (Å²) in [6.07, 6.45) is 0. The number of aromatic nitrogens is 3. The smallest absolute Gasteiger partial charge is 0.132 e. The molecule has 3 aromatic rings. The first kappa shape index (κ1) is 14.3. The monoisotopic (exact) mass is 295 g/mol. The van der Waals surface area contributed by atoms with Crippen molar-refractivity contribution in [1.82, 2.24) is 15.0 Å². The predicted octanol–water partition coefficient (Wildman–Crippen LogP) is 2.65. The molecule has 22 heavy (non-hydrogen) atoms. The number of benzene rings is 2. The summed E-state index contributed by atoms with van der Waals surface area (Å²) in [5.41, 5.74) is 3.31. The number of hydrogen-bond acceptors (Lipinski definition) is 4. The number of nitrogens with zero attached hydrogens (tertiary/aromatic N) is 3. The summed E-state index contributed by atoms with van der Waals surface area (Å²) in [5, 5.41) is 17.6. The Balaban J connectivity index is 1.90. The van der Waals surface area contributed by atoms with Gasteiger partial charge in [-0.15, -0.1) is 5.10 Å². The van der Waals surface area contributed by atoms with E-state index in [-0.39, 0.29) is 6.61 Å². The summed E-state index contributed by atoms with van der Waals surface area (Å²) < 4.78 is 7.48. The van der Waals surface area contributed by atoms with Gasteiger partial charge in [0.25, 0.3) is 0 Å². The molecule has 0 spiro atoms. The lowest BCUT2D eigenvalue weighted by atomic mass is 10.2. The first-order valence-electron chi connectivity index (χ1n) is 7.07. The van der Waals surface area contributed by atoms with Crippen LogP contribution < -0.4 is 4.74 Å². The van der Waals surface area contributed by atoms with Gasteiger partial charge in [-0.2, -0.15) is 0 Å². The summed E-state index contributed by atoms with van der Waals surface area (Å²) in [7, 11) is 0. The standard InChI is InChI=1S/C17H17N3O2/c1-13-6-5-7-14(10-13)20-17(16(11-21)18-19-20)12-22-15-8-3-2-4-9-15/h2-10,21H,11-12H2,1H3. The molecule has 0 amide bonds. The van der Waals surface area contributed by atoms with Crippen LogP contribution in [0.1, 0.15) is 17.0 Å². The number of para-hydroxylation sites is 1. The minimum Gasteiger partial charge on any atom is -0.487 e. The Kier molecular flexibility index (Phi) is 4.16. The molecule has 0 atom stereocenters. The van der Waals surface area contributed by atoms with Crippen molar-refractivity contribution in [2.24, 2.45) is 0 Å². The SMILES string of the molecule is Cc1cccc(-n2nnc(CO)c2COc2ccccc2)c1. The molecule has 2 aromatic carbocycles. The van der Waals surface area contributed by atoms with Crippen LogP contribution >= 0.6 is 0 Å². The van der Waals surface area contributed by atoms with Crippen LogP contribution in [0.15, 0.2) is 54.6 Å². The quantitative estimate of drug-likeness (QED) is 0.786. The molecule has 0 radical (unpaired) electrons. The first-order valence-corrected chi connectivity index (χ1v) is 7.07. The van der Waals surface area contributed by atoms with Crippen molar-refractivity contribution < 1.29 is 9.84 Å². The second-order valence-corrected chi connectivity index (χ2v) is 4.99. The highest BCUT2D eigenvalue weighted by molar-refractivity contribution is 5.36. The molecule has 1 N–H and O–H groups in total. The van der Waals surface area contributed by atoms with Gasteiger partial charge in [0.2, 0.25) is 0 Å². The molecule has 0 unspecified atom stereocenters. The van der Waals surface area contributed by atoms with E-state index in [0.29, 0.717) is 12.3 Å². The average molecular weight is 295 g/mol. The Morgan fingerprint density at radius 1 is 1.09 bits per heavy atom.